The van der Waals surface area contributed by atoms with Crippen LogP contribution in [-0.2, 0) is 0 Å². The van der Waals surface area contributed by atoms with E-state index in [2.05, 4.69) is 25.7 Å². The molecule has 5 nitrogen and oxygen atoms in total. The molecule has 1 rings (SSSR count). The molecule has 1 aromatic rings. The summed E-state index contributed by atoms with van der Waals surface area (Å²) in [5.74, 6) is 0. The van der Waals surface area contributed by atoms with Crippen LogP contribution in [0.1, 0.15) is 0 Å². The number of hydrogen-bond donors (Lipinski definition) is 2. The van der Waals surface area contributed by atoms with Crippen LogP contribution in [0.3, 0.4) is 0 Å². The first kappa shape index (κ1) is 8.61. The molecular formula is C5H11N5. The van der Waals surface area contributed by atoms with Crippen molar-refractivity contribution in [3.05, 3.63) is 18.7 Å². The van der Waals surface area contributed by atoms with Gasteiger partial charge in [-0.05, 0) is 0 Å². The van der Waals surface area contributed by atoms with Gasteiger partial charge in [0.2, 0.25) is 0 Å². The summed E-state index contributed by atoms with van der Waals surface area (Å²) >= 11 is 0. The van der Waals surface area contributed by atoms with Crippen molar-refractivity contribution in [2.45, 2.75) is 0 Å². The van der Waals surface area contributed by atoms with Crippen LogP contribution in [0.4, 0.5) is 0 Å². The Morgan fingerprint density at radius 2 is 2.40 bits per heavy atom. The summed E-state index contributed by atoms with van der Waals surface area (Å²) in [5.41, 5.74) is 2.48. The molecule has 0 amide bonds. The van der Waals surface area contributed by atoms with Crippen LogP contribution in [0.5, 0.6) is 0 Å². The van der Waals surface area contributed by atoms with Crippen LogP contribution in [0, 0.1) is 0 Å². The molecule has 0 aliphatic carbocycles. The Morgan fingerprint density at radius 1 is 1.60 bits per heavy atom. The van der Waals surface area contributed by atoms with Gasteiger partial charge in [0.15, 0.2) is 0 Å². The molecular weight excluding hydrogens is 130 g/mol. The fourth-order valence-corrected chi connectivity index (χ4v) is 0.315. The van der Waals surface area contributed by atoms with Gasteiger partial charge < -0.3 is 4.98 Å². The second-order valence-electron chi connectivity index (χ2n) is 1.28. The van der Waals surface area contributed by atoms with Gasteiger partial charge >= 0.3 is 0 Å². The van der Waals surface area contributed by atoms with Gasteiger partial charge in [-0.3, -0.25) is 5.43 Å². The zero-order chi connectivity index (χ0) is 7.66. The molecule has 0 atom stereocenters. The fourth-order valence-electron chi connectivity index (χ4n) is 0.315. The van der Waals surface area contributed by atoms with Crippen LogP contribution in [-0.4, -0.2) is 24.1 Å². The largest absolute Gasteiger partial charge is 0.351 e. The third-order valence-electron chi connectivity index (χ3n) is 0.606. The van der Waals surface area contributed by atoms with E-state index in [9.17, 15) is 0 Å². The van der Waals surface area contributed by atoms with Gasteiger partial charge in [-0.2, -0.15) is 5.11 Å². The Bertz CT molecular complexity index is 128. The molecule has 0 bridgehead atoms. The first-order valence-corrected chi connectivity index (χ1v) is 2.80. The van der Waals surface area contributed by atoms with Gasteiger partial charge in [-0.15, -0.1) is 0 Å². The van der Waals surface area contributed by atoms with Crippen molar-refractivity contribution < 1.29 is 0 Å². The quantitative estimate of drug-likeness (QED) is 0.444. The SMILES string of the molecule is C/N=N\NC.c1c[nH]cn1. The van der Waals surface area contributed by atoms with Crippen LogP contribution in [0.2, 0.25) is 0 Å². The van der Waals surface area contributed by atoms with Gasteiger partial charge in [0.1, 0.15) is 0 Å². The number of H-pyrrole nitrogens is 1. The highest BCUT2D eigenvalue weighted by molar-refractivity contribution is 4.64. The molecule has 2 N–H and O–H groups in total. The van der Waals surface area contributed by atoms with Crippen LogP contribution in [0.15, 0.2) is 29.1 Å². The topological polar surface area (TPSA) is 65.4 Å². The molecule has 0 saturated carbocycles. The molecule has 0 fully saturated rings. The van der Waals surface area contributed by atoms with E-state index in [1.807, 2.05) is 0 Å². The Kier molecular flexibility index (Phi) is 6.55. The van der Waals surface area contributed by atoms with Crippen molar-refractivity contribution in [2.75, 3.05) is 14.1 Å². The van der Waals surface area contributed by atoms with Gasteiger partial charge in [0, 0.05) is 19.4 Å². The fraction of sp³-hybridized carbons (Fsp3) is 0.400. The lowest BCUT2D eigenvalue weighted by molar-refractivity contribution is 0.806. The number of imidazole rings is 1. The molecule has 0 aliphatic rings. The van der Waals surface area contributed by atoms with Crippen LogP contribution >= 0.6 is 0 Å². The number of nitrogens with zero attached hydrogens (tertiary/aromatic N) is 3. The van der Waals surface area contributed by atoms with Crippen molar-refractivity contribution in [1.82, 2.24) is 15.4 Å². The minimum Gasteiger partial charge on any atom is -0.351 e. The Balaban J connectivity index is 0.000000162. The van der Waals surface area contributed by atoms with E-state index in [0.717, 1.165) is 0 Å². The minimum absolute atomic E-state index is 1.61. The summed E-state index contributed by atoms with van der Waals surface area (Å²) in [6.07, 6.45) is 5.08. The lowest BCUT2D eigenvalue weighted by Gasteiger charge is -1.73. The zero-order valence-corrected chi connectivity index (χ0v) is 6.07. The number of nitrogens with one attached hydrogen (secondary N) is 2. The Hall–Kier alpha value is -1.39. The number of hydrogen-bond acceptors (Lipinski definition) is 3. The van der Waals surface area contributed by atoms with Gasteiger partial charge in [-0.25, -0.2) is 4.98 Å². The molecule has 0 unspecified atom stereocenters. The molecule has 0 saturated heterocycles. The lowest BCUT2D eigenvalue weighted by atomic mass is 11.0. The standard InChI is InChI=1S/C3H4N2.C2H7N3/c1-2-5-3-4-1;1-3-5-4-2/h1-3H,(H,4,5);1-2H3,(H,3,4). The van der Waals surface area contributed by atoms with E-state index < -0.39 is 0 Å². The molecule has 0 aromatic carbocycles. The monoisotopic (exact) mass is 141 g/mol. The maximum atomic E-state index is 3.67. The van der Waals surface area contributed by atoms with E-state index >= 15 is 0 Å². The van der Waals surface area contributed by atoms with Crippen molar-refractivity contribution in [2.24, 2.45) is 10.3 Å². The third-order valence-corrected chi connectivity index (χ3v) is 0.606. The second-order valence-corrected chi connectivity index (χ2v) is 1.28. The first-order valence-electron chi connectivity index (χ1n) is 2.80. The number of aromatic nitrogens is 2. The average Bonchev–Trinajstić information content (AvgIpc) is 2.44. The third kappa shape index (κ3) is 6.61. The van der Waals surface area contributed by atoms with Gasteiger partial charge in [0.25, 0.3) is 0 Å². The maximum Gasteiger partial charge on any atom is 0.0919 e. The van der Waals surface area contributed by atoms with Crippen LogP contribution < -0.4 is 5.43 Å². The highest BCUT2D eigenvalue weighted by atomic mass is 15.4. The van der Waals surface area contributed by atoms with Crippen molar-refractivity contribution in [3.63, 3.8) is 0 Å². The molecule has 0 radical (unpaired) electrons. The predicted molar refractivity (Wildman–Crippen MR) is 38.4 cm³/mol. The van der Waals surface area contributed by atoms with E-state index in [-0.39, 0.29) is 0 Å². The van der Waals surface area contributed by atoms with Gasteiger partial charge in [0.05, 0.1) is 13.4 Å². The van der Waals surface area contributed by atoms with Crippen molar-refractivity contribution in [3.8, 4) is 0 Å². The maximum absolute atomic E-state index is 3.67. The molecule has 1 heterocycles. The normalized spacial score (nSPS) is 8.60. The summed E-state index contributed by atoms with van der Waals surface area (Å²) < 4.78 is 0. The summed E-state index contributed by atoms with van der Waals surface area (Å²) in [6.45, 7) is 0. The molecule has 5 heteroatoms. The van der Waals surface area contributed by atoms with E-state index in [1.54, 1.807) is 32.8 Å². The highest BCUT2D eigenvalue weighted by Gasteiger charge is 1.56. The zero-order valence-electron chi connectivity index (χ0n) is 6.07. The summed E-state index contributed by atoms with van der Waals surface area (Å²) in [5, 5.41) is 6.72. The number of rotatable bonds is 1. The van der Waals surface area contributed by atoms with E-state index in [4.69, 9.17) is 0 Å². The van der Waals surface area contributed by atoms with Crippen LogP contribution in [0.25, 0.3) is 0 Å². The minimum atomic E-state index is 1.61. The first-order chi connectivity index (χ1) is 4.91. The van der Waals surface area contributed by atoms with E-state index in [1.165, 1.54) is 0 Å². The molecule has 56 valence electrons. The summed E-state index contributed by atoms with van der Waals surface area (Å²) in [6, 6.07) is 0. The van der Waals surface area contributed by atoms with Gasteiger partial charge in [-0.1, -0.05) is 5.22 Å². The van der Waals surface area contributed by atoms with E-state index in [0.29, 0.717) is 0 Å². The lowest BCUT2D eigenvalue weighted by Crippen LogP contribution is -1.88. The molecule has 10 heavy (non-hydrogen) atoms. The molecule has 1 aromatic heterocycles. The Morgan fingerprint density at radius 3 is 2.50 bits per heavy atom. The molecule has 0 spiro atoms. The average molecular weight is 141 g/mol. The van der Waals surface area contributed by atoms with Crippen molar-refractivity contribution >= 4 is 0 Å². The number of aromatic amines is 1. The summed E-state index contributed by atoms with van der Waals surface area (Å²) in [4.78, 5) is 6.42. The molecule has 0 aliphatic heterocycles. The summed E-state index contributed by atoms with van der Waals surface area (Å²) in [7, 11) is 3.31. The smallest absolute Gasteiger partial charge is 0.0919 e. The predicted octanol–water partition coefficient (Wildman–Crippen LogP) is 0.613. The highest BCUT2D eigenvalue weighted by Crippen LogP contribution is 1.62. The van der Waals surface area contributed by atoms with Crippen molar-refractivity contribution in [1.29, 1.82) is 0 Å². The second kappa shape index (κ2) is 7.61. The Labute approximate surface area is 59.6 Å².